The van der Waals surface area contributed by atoms with Crippen molar-refractivity contribution in [3.8, 4) is 11.4 Å². The third-order valence-electron chi connectivity index (χ3n) is 8.51. The zero-order valence-electron chi connectivity index (χ0n) is 24.3. The van der Waals surface area contributed by atoms with Gasteiger partial charge in [-0.25, -0.2) is 4.98 Å². The second-order valence-corrected chi connectivity index (χ2v) is 11.1. The van der Waals surface area contributed by atoms with Gasteiger partial charge in [-0.3, -0.25) is 4.98 Å². The van der Waals surface area contributed by atoms with E-state index >= 15 is 0 Å². The summed E-state index contributed by atoms with van der Waals surface area (Å²) in [6, 6.07) is 55.2. The van der Waals surface area contributed by atoms with E-state index in [0.29, 0.717) is 0 Å². The minimum absolute atomic E-state index is 0.888. The van der Waals surface area contributed by atoms with Gasteiger partial charge in [-0.15, -0.1) is 0 Å². The number of anilines is 3. The first-order valence-electron chi connectivity index (χ1n) is 15.1. The molecule has 212 valence electrons. The average Bonchev–Trinajstić information content (AvgIpc) is 3.61. The SMILES string of the molecule is c1ccc(N(c2ccccc2)c2cccc(-n3c4cccnc4c4nc5c6ccccc6n(-c6ccccc6)c5cc43)c2)cc1. The summed E-state index contributed by atoms with van der Waals surface area (Å²) in [5.74, 6) is 0. The smallest absolute Gasteiger partial charge is 0.116 e. The summed E-state index contributed by atoms with van der Waals surface area (Å²) in [6.45, 7) is 0. The van der Waals surface area contributed by atoms with Gasteiger partial charge in [0.2, 0.25) is 0 Å². The maximum absolute atomic E-state index is 5.36. The van der Waals surface area contributed by atoms with Crippen molar-refractivity contribution in [2.24, 2.45) is 0 Å². The van der Waals surface area contributed by atoms with Crippen molar-refractivity contribution >= 4 is 61.1 Å². The Kier molecular flexibility index (Phi) is 5.74. The van der Waals surface area contributed by atoms with Gasteiger partial charge in [0, 0.05) is 40.0 Å². The highest BCUT2D eigenvalue weighted by Crippen LogP contribution is 2.39. The number of hydrogen-bond acceptors (Lipinski definition) is 3. The second kappa shape index (κ2) is 10.2. The maximum atomic E-state index is 5.36. The third kappa shape index (κ3) is 4.02. The third-order valence-corrected chi connectivity index (χ3v) is 8.51. The molecule has 0 spiro atoms. The molecule has 0 radical (unpaired) electrons. The van der Waals surface area contributed by atoms with Gasteiger partial charge in [0.25, 0.3) is 0 Å². The van der Waals surface area contributed by atoms with Gasteiger partial charge in [0.15, 0.2) is 0 Å². The topological polar surface area (TPSA) is 38.9 Å². The van der Waals surface area contributed by atoms with Crippen LogP contribution in [0.4, 0.5) is 17.1 Å². The summed E-state index contributed by atoms with van der Waals surface area (Å²) >= 11 is 0. The Labute approximate surface area is 259 Å². The van der Waals surface area contributed by atoms with E-state index in [4.69, 9.17) is 9.97 Å². The Bertz CT molecular complexity index is 2440. The molecule has 5 nitrogen and oxygen atoms in total. The predicted octanol–water partition coefficient (Wildman–Crippen LogP) is 10.1. The highest BCUT2D eigenvalue weighted by Gasteiger charge is 2.21. The number of nitrogens with zero attached hydrogens (tertiary/aromatic N) is 5. The van der Waals surface area contributed by atoms with E-state index in [0.717, 1.165) is 72.4 Å². The van der Waals surface area contributed by atoms with Gasteiger partial charge in [0.05, 0.1) is 27.6 Å². The lowest BCUT2D eigenvalue weighted by Gasteiger charge is -2.26. The number of hydrogen-bond donors (Lipinski definition) is 0. The van der Waals surface area contributed by atoms with E-state index < -0.39 is 0 Å². The van der Waals surface area contributed by atoms with Gasteiger partial charge in [-0.05, 0) is 78.9 Å². The lowest BCUT2D eigenvalue weighted by atomic mass is 10.1. The summed E-state index contributed by atoms with van der Waals surface area (Å²) in [6.07, 6.45) is 1.86. The molecule has 4 aromatic heterocycles. The van der Waals surface area contributed by atoms with Crippen LogP contribution in [0.3, 0.4) is 0 Å². The van der Waals surface area contributed by atoms with Crippen LogP contribution in [0.15, 0.2) is 164 Å². The highest BCUT2D eigenvalue weighted by molar-refractivity contribution is 6.14. The zero-order valence-corrected chi connectivity index (χ0v) is 24.3. The molecule has 0 fully saturated rings. The summed E-state index contributed by atoms with van der Waals surface area (Å²) in [4.78, 5) is 12.5. The molecule has 9 aromatic rings. The van der Waals surface area contributed by atoms with Crippen LogP contribution < -0.4 is 4.90 Å². The van der Waals surface area contributed by atoms with Crippen LogP contribution in [0.2, 0.25) is 0 Å². The molecule has 0 aliphatic rings. The molecule has 5 heteroatoms. The molecule has 5 aromatic carbocycles. The Morgan fingerprint density at radius 3 is 1.73 bits per heavy atom. The number of rotatable bonds is 5. The largest absolute Gasteiger partial charge is 0.310 e. The summed E-state index contributed by atoms with van der Waals surface area (Å²) < 4.78 is 4.62. The molecule has 0 aliphatic heterocycles. The first-order valence-corrected chi connectivity index (χ1v) is 15.1. The van der Waals surface area contributed by atoms with Crippen molar-refractivity contribution in [2.45, 2.75) is 0 Å². The number of aromatic nitrogens is 4. The van der Waals surface area contributed by atoms with E-state index in [1.165, 1.54) is 0 Å². The van der Waals surface area contributed by atoms with Crippen LogP contribution in [0.25, 0.3) is 55.4 Å². The van der Waals surface area contributed by atoms with Crippen molar-refractivity contribution < 1.29 is 0 Å². The summed E-state index contributed by atoms with van der Waals surface area (Å²) in [7, 11) is 0. The van der Waals surface area contributed by atoms with Crippen molar-refractivity contribution in [3.05, 3.63) is 164 Å². The van der Waals surface area contributed by atoms with Crippen molar-refractivity contribution in [1.82, 2.24) is 19.1 Å². The molecule has 9 rings (SSSR count). The molecule has 0 aliphatic carbocycles. The van der Waals surface area contributed by atoms with E-state index in [2.05, 4.69) is 166 Å². The van der Waals surface area contributed by atoms with E-state index in [-0.39, 0.29) is 0 Å². The zero-order chi connectivity index (χ0) is 29.7. The van der Waals surface area contributed by atoms with E-state index in [9.17, 15) is 0 Å². The van der Waals surface area contributed by atoms with Crippen LogP contribution in [0.5, 0.6) is 0 Å². The summed E-state index contributed by atoms with van der Waals surface area (Å²) in [5, 5.41) is 1.12. The number of para-hydroxylation sites is 4. The first-order chi connectivity index (χ1) is 22.3. The normalized spacial score (nSPS) is 11.6. The molecule has 0 N–H and O–H groups in total. The van der Waals surface area contributed by atoms with Crippen LogP contribution in [-0.2, 0) is 0 Å². The Hall–Kier alpha value is -6.20. The lowest BCUT2D eigenvalue weighted by Crippen LogP contribution is -2.10. The lowest BCUT2D eigenvalue weighted by molar-refractivity contribution is 1.15. The molecule has 0 saturated heterocycles. The van der Waals surface area contributed by atoms with Crippen molar-refractivity contribution in [1.29, 1.82) is 0 Å². The predicted molar refractivity (Wildman–Crippen MR) is 185 cm³/mol. The Balaban J connectivity index is 1.34. The van der Waals surface area contributed by atoms with Crippen LogP contribution >= 0.6 is 0 Å². The number of pyridine rings is 2. The number of benzene rings is 5. The molecule has 0 bridgehead atoms. The van der Waals surface area contributed by atoms with E-state index in [1.54, 1.807) is 0 Å². The van der Waals surface area contributed by atoms with Gasteiger partial charge in [-0.2, -0.15) is 0 Å². The molecular formula is C40H27N5. The number of fused-ring (bicyclic) bond motifs is 6. The van der Waals surface area contributed by atoms with Gasteiger partial charge in [-0.1, -0.05) is 78.9 Å². The molecular weight excluding hydrogens is 550 g/mol. The molecule has 45 heavy (non-hydrogen) atoms. The van der Waals surface area contributed by atoms with Gasteiger partial charge < -0.3 is 14.0 Å². The Morgan fingerprint density at radius 2 is 0.978 bits per heavy atom. The minimum Gasteiger partial charge on any atom is -0.310 e. The minimum atomic E-state index is 0.888. The molecule has 0 atom stereocenters. The fourth-order valence-electron chi connectivity index (χ4n) is 6.60. The monoisotopic (exact) mass is 577 g/mol. The first kappa shape index (κ1) is 25.3. The average molecular weight is 578 g/mol. The highest BCUT2D eigenvalue weighted by atomic mass is 15.1. The molecule has 0 amide bonds. The van der Waals surface area contributed by atoms with Crippen molar-refractivity contribution in [2.75, 3.05) is 4.90 Å². The summed E-state index contributed by atoms with van der Waals surface area (Å²) in [5.41, 5.74) is 12.4. The van der Waals surface area contributed by atoms with E-state index in [1.807, 2.05) is 12.3 Å². The fourth-order valence-corrected chi connectivity index (χ4v) is 6.60. The van der Waals surface area contributed by atoms with Crippen LogP contribution in [0, 0.1) is 0 Å². The molecule has 4 heterocycles. The van der Waals surface area contributed by atoms with Crippen LogP contribution in [0.1, 0.15) is 0 Å². The Morgan fingerprint density at radius 1 is 0.400 bits per heavy atom. The van der Waals surface area contributed by atoms with Gasteiger partial charge in [0.1, 0.15) is 11.0 Å². The van der Waals surface area contributed by atoms with Crippen LogP contribution in [-0.4, -0.2) is 19.1 Å². The quantitative estimate of drug-likeness (QED) is 0.204. The van der Waals surface area contributed by atoms with Crippen molar-refractivity contribution in [3.63, 3.8) is 0 Å². The van der Waals surface area contributed by atoms with Gasteiger partial charge >= 0.3 is 0 Å². The molecule has 0 saturated carbocycles. The fraction of sp³-hybridized carbons (Fsp3) is 0. The molecule has 0 unspecified atom stereocenters. The maximum Gasteiger partial charge on any atom is 0.116 e. The standard InChI is InChI=1S/C40H27N5/c1-4-14-28(15-5-1)43(29-16-6-2-7-17-29)31-20-12-21-32(26-31)45-35-24-13-25-41-39(35)40-37(45)27-36-38(42-40)33-22-10-11-23-34(33)44(36)30-18-8-3-9-19-30/h1-27H. The second-order valence-electron chi connectivity index (χ2n) is 11.1.